The number of anilines is 2. The Morgan fingerprint density at radius 1 is 1.09 bits per heavy atom. The molecule has 0 fully saturated rings. The zero-order valence-corrected chi connectivity index (χ0v) is 24.2. The molecule has 0 aliphatic rings. The molecule has 2 N–H and O–H groups in total. The SMILES string of the molecule is Cc1cc(Nc2cc(-c3ccnc(-n4ncc5cc(C(C)(C)C)cc(F)c5c4=O)c3CO)cn(C)c2=O)nn1CC(F)F. The van der Waals surface area contributed by atoms with Crippen LogP contribution in [0.2, 0.25) is 0 Å². The summed E-state index contributed by atoms with van der Waals surface area (Å²) < 4.78 is 44.4. The van der Waals surface area contributed by atoms with Crippen LogP contribution in [-0.2, 0) is 25.6 Å². The predicted molar refractivity (Wildman–Crippen MR) is 157 cm³/mol. The third kappa shape index (κ3) is 5.67. The third-order valence-corrected chi connectivity index (χ3v) is 7.15. The number of fused-ring (bicyclic) bond motifs is 1. The summed E-state index contributed by atoms with van der Waals surface area (Å²) in [6.07, 6.45) is 1.74. The molecule has 0 bridgehead atoms. The van der Waals surface area contributed by atoms with E-state index in [9.17, 15) is 23.5 Å². The lowest BCUT2D eigenvalue weighted by Crippen LogP contribution is -2.25. The molecule has 0 saturated heterocycles. The molecule has 0 aliphatic heterocycles. The van der Waals surface area contributed by atoms with Crippen LogP contribution in [0, 0.1) is 12.7 Å². The standard InChI is InChI=1S/C30H30F3N7O3/c1-16-8-25(37-39(16)14-24(32)33)36-23-10-18(13-38(5)28(23)42)20-6-7-34-27(21(20)15-41)40-29(43)26-17(12-35-40)9-19(11-22(26)31)30(2,3)4/h6-13,24,41H,14-15H2,1-5H3,(H,36,37). The van der Waals surface area contributed by atoms with Crippen LogP contribution >= 0.6 is 0 Å². The Morgan fingerprint density at radius 2 is 1.84 bits per heavy atom. The number of aliphatic hydroxyl groups excluding tert-OH is 1. The number of pyridine rings is 2. The topological polar surface area (TPSA) is 120 Å². The van der Waals surface area contributed by atoms with Gasteiger partial charge in [0.2, 0.25) is 0 Å². The molecule has 43 heavy (non-hydrogen) atoms. The summed E-state index contributed by atoms with van der Waals surface area (Å²) in [6, 6.07) is 7.72. The van der Waals surface area contributed by atoms with E-state index in [1.165, 1.54) is 42.3 Å². The number of alkyl halides is 2. The van der Waals surface area contributed by atoms with Crippen molar-refractivity contribution in [2.45, 2.75) is 52.7 Å². The molecule has 1 aromatic carbocycles. The van der Waals surface area contributed by atoms with Gasteiger partial charge in [0.1, 0.15) is 18.0 Å². The second-order valence-corrected chi connectivity index (χ2v) is 11.3. The molecular formula is C30H30F3N7O3. The van der Waals surface area contributed by atoms with E-state index in [0.717, 1.165) is 9.36 Å². The second kappa shape index (κ2) is 11.1. The fourth-order valence-electron chi connectivity index (χ4n) is 4.88. The van der Waals surface area contributed by atoms with Crippen LogP contribution in [0.4, 0.5) is 24.7 Å². The van der Waals surface area contributed by atoms with Crippen molar-refractivity contribution in [3.63, 3.8) is 0 Å². The smallest absolute Gasteiger partial charge is 0.283 e. The van der Waals surface area contributed by atoms with Crippen LogP contribution in [0.25, 0.3) is 27.7 Å². The minimum atomic E-state index is -2.59. The lowest BCUT2D eigenvalue weighted by Gasteiger charge is -2.20. The van der Waals surface area contributed by atoms with Crippen LogP contribution in [0.1, 0.15) is 37.6 Å². The van der Waals surface area contributed by atoms with Gasteiger partial charge in [0.25, 0.3) is 17.5 Å². The van der Waals surface area contributed by atoms with Gasteiger partial charge in [-0.2, -0.15) is 14.9 Å². The monoisotopic (exact) mass is 593 g/mol. The highest BCUT2D eigenvalue weighted by Gasteiger charge is 2.21. The number of rotatable bonds is 7. The molecule has 0 spiro atoms. The van der Waals surface area contributed by atoms with Gasteiger partial charge in [-0.05, 0) is 47.7 Å². The third-order valence-electron chi connectivity index (χ3n) is 7.15. The van der Waals surface area contributed by atoms with Crippen molar-refractivity contribution < 1.29 is 18.3 Å². The molecule has 5 rings (SSSR count). The first kappa shape index (κ1) is 29.7. The lowest BCUT2D eigenvalue weighted by atomic mass is 9.86. The van der Waals surface area contributed by atoms with E-state index in [4.69, 9.17) is 0 Å². The first-order valence-corrected chi connectivity index (χ1v) is 13.4. The Labute approximate surface area is 244 Å². The van der Waals surface area contributed by atoms with E-state index < -0.39 is 36.5 Å². The summed E-state index contributed by atoms with van der Waals surface area (Å²) in [4.78, 5) is 30.7. The fraction of sp³-hybridized carbons (Fsp3) is 0.300. The van der Waals surface area contributed by atoms with E-state index in [0.29, 0.717) is 27.8 Å². The first-order chi connectivity index (χ1) is 20.3. The van der Waals surface area contributed by atoms with Gasteiger partial charge >= 0.3 is 0 Å². The number of aromatic nitrogens is 6. The largest absolute Gasteiger partial charge is 0.392 e. The van der Waals surface area contributed by atoms with E-state index in [1.54, 1.807) is 25.1 Å². The molecule has 13 heteroatoms. The van der Waals surface area contributed by atoms with E-state index >= 15 is 4.39 Å². The van der Waals surface area contributed by atoms with Gasteiger partial charge in [-0.3, -0.25) is 14.3 Å². The number of aliphatic hydroxyl groups is 1. The van der Waals surface area contributed by atoms with Gasteiger partial charge in [0, 0.05) is 47.7 Å². The van der Waals surface area contributed by atoms with Crippen molar-refractivity contribution in [1.29, 1.82) is 0 Å². The number of hydrogen-bond donors (Lipinski definition) is 2. The Hall–Kier alpha value is -4.78. The minimum absolute atomic E-state index is 0.00377. The maximum Gasteiger partial charge on any atom is 0.283 e. The average Bonchev–Trinajstić information content (AvgIpc) is 3.27. The zero-order chi connectivity index (χ0) is 31.2. The highest BCUT2D eigenvalue weighted by molar-refractivity contribution is 5.83. The van der Waals surface area contributed by atoms with Gasteiger partial charge in [-0.25, -0.2) is 18.2 Å². The van der Waals surface area contributed by atoms with Crippen LogP contribution in [0.15, 0.2) is 58.5 Å². The second-order valence-electron chi connectivity index (χ2n) is 11.3. The molecule has 10 nitrogen and oxygen atoms in total. The molecule has 0 amide bonds. The van der Waals surface area contributed by atoms with Crippen molar-refractivity contribution in [2.75, 3.05) is 5.32 Å². The number of nitrogens with zero attached hydrogens (tertiary/aromatic N) is 6. The Balaban J connectivity index is 1.61. The summed E-state index contributed by atoms with van der Waals surface area (Å²) in [5.74, 6) is -0.491. The maximum atomic E-state index is 15.3. The van der Waals surface area contributed by atoms with Crippen molar-refractivity contribution >= 4 is 22.3 Å². The lowest BCUT2D eigenvalue weighted by molar-refractivity contribution is 0.121. The molecule has 5 aromatic rings. The van der Waals surface area contributed by atoms with Crippen LogP contribution < -0.4 is 16.4 Å². The van der Waals surface area contributed by atoms with Crippen LogP contribution in [-0.4, -0.2) is 40.6 Å². The van der Waals surface area contributed by atoms with Gasteiger partial charge in [-0.15, -0.1) is 0 Å². The van der Waals surface area contributed by atoms with Crippen molar-refractivity contribution in [3.05, 3.63) is 92.3 Å². The van der Waals surface area contributed by atoms with Crippen LogP contribution in [0.5, 0.6) is 0 Å². The van der Waals surface area contributed by atoms with Crippen LogP contribution in [0.3, 0.4) is 0 Å². The van der Waals surface area contributed by atoms with Gasteiger partial charge in [0.15, 0.2) is 11.6 Å². The Morgan fingerprint density at radius 3 is 2.51 bits per heavy atom. The fourth-order valence-corrected chi connectivity index (χ4v) is 4.88. The average molecular weight is 594 g/mol. The highest BCUT2D eigenvalue weighted by Crippen LogP contribution is 2.30. The van der Waals surface area contributed by atoms with Crippen molar-refractivity contribution in [3.8, 4) is 16.9 Å². The molecule has 224 valence electrons. The summed E-state index contributed by atoms with van der Waals surface area (Å²) in [5.41, 5.74) is 0.900. The number of aryl methyl sites for hydroxylation is 2. The number of halogens is 3. The summed E-state index contributed by atoms with van der Waals surface area (Å²) >= 11 is 0. The summed E-state index contributed by atoms with van der Waals surface area (Å²) in [7, 11) is 1.53. The molecule has 0 radical (unpaired) electrons. The van der Waals surface area contributed by atoms with Gasteiger partial charge in [0.05, 0.1) is 18.2 Å². The predicted octanol–water partition coefficient (Wildman–Crippen LogP) is 4.59. The zero-order valence-electron chi connectivity index (χ0n) is 24.2. The normalized spacial score (nSPS) is 12.0. The quantitative estimate of drug-likeness (QED) is 0.283. The van der Waals surface area contributed by atoms with E-state index in [2.05, 4.69) is 20.5 Å². The molecule has 0 unspecified atom stereocenters. The number of benzene rings is 1. The van der Waals surface area contributed by atoms with Gasteiger partial charge < -0.3 is 15.0 Å². The van der Waals surface area contributed by atoms with Gasteiger partial charge in [-0.1, -0.05) is 20.8 Å². The van der Waals surface area contributed by atoms with E-state index in [-0.39, 0.29) is 33.7 Å². The van der Waals surface area contributed by atoms with Crippen molar-refractivity contribution in [1.82, 2.24) is 29.1 Å². The molecule has 0 aliphatic carbocycles. The summed E-state index contributed by atoms with van der Waals surface area (Å²) in [6.45, 7) is 6.29. The van der Waals surface area contributed by atoms with E-state index in [1.807, 2.05) is 20.8 Å². The number of hydrogen-bond acceptors (Lipinski definition) is 7. The maximum absolute atomic E-state index is 15.3. The number of nitrogens with one attached hydrogen (secondary N) is 1. The molecule has 0 atom stereocenters. The highest BCUT2D eigenvalue weighted by atomic mass is 19.3. The summed E-state index contributed by atoms with van der Waals surface area (Å²) in [5, 5.41) is 21.9. The Bertz CT molecular complexity index is 1970. The molecule has 4 heterocycles. The first-order valence-electron chi connectivity index (χ1n) is 13.4. The minimum Gasteiger partial charge on any atom is -0.392 e. The Kier molecular flexibility index (Phi) is 7.69. The molecule has 0 saturated carbocycles. The van der Waals surface area contributed by atoms with Crippen molar-refractivity contribution in [2.24, 2.45) is 7.05 Å². The molecule has 4 aromatic heterocycles. The molecular weight excluding hydrogens is 563 g/mol.